The molecule has 33 heavy (non-hydrogen) atoms. The molecule has 2 unspecified atom stereocenters. The van der Waals surface area contributed by atoms with Crippen LogP contribution in [-0.2, 0) is 19.5 Å². The summed E-state index contributed by atoms with van der Waals surface area (Å²) >= 11 is 0. The predicted octanol–water partition coefficient (Wildman–Crippen LogP) is 4.87. The maximum absolute atomic E-state index is 13.0. The van der Waals surface area contributed by atoms with Gasteiger partial charge in [-0.15, -0.1) is 0 Å². The molecule has 2 aromatic carbocycles. The average Bonchev–Trinajstić information content (AvgIpc) is 3.43. The van der Waals surface area contributed by atoms with Crippen molar-refractivity contribution in [3.05, 3.63) is 89.4 Å². The third-order valence-corrected chi connectivity index (χ3v) is 7.06. The van der Waals surface area contributed by atoms with Crippen molar-refractivity contribution in [3.8, 4) is 0 Å². The topological polar surface area (TPSA) is 48.7 Å². The molecule has 3 aromatic rings. The third kappa shape index (κ3) is 4.98. The molecule has 0 spiro atoms. The van der Waals surface area contributed by atoms with E-state index in [1.807, 2.05) is 0 Å². The van der Waals surface area contributed by atoms with E-state index in [0.717, 1.165) is 38.2 Å². The highest BCUT2D eigenvalue weighted by Gasteiger charge is 2.28. The third-order valence-electron chi connectivity index (χ3n) is 7.06. The van der Waals surface area contributed by atoms with Crippen LogP contribution < -0.4 is 10.2 Å². The van der Waals surface area contributed by atoms with Crippen molar-refractivity contribution in [2.75, 3.05) is 24.5 Å². The number of para-hydroxylation sites is 1. The Balaban J connectivity index is 1.17. The van der Waals surface area contributed by atoms with Crippen molar-refractivity contribution in [3.63, 3.8) is 0 Å². The first-order chi connectivity index (χ1) is 16.2. The first-order valence-electron chi connectivity index (χ1n) is 12.1. The molecule has 5 rings (SSSR count). The van der Waals surface area contributed by atoms with Crippen molar-refractivity contribution in [1.29, 1.82) is 0 Å². The van der Waals surface area contributed by atoms with Gasteiger partial charge < -0.3 is 14.6 Å². The molecule has 2 aliphatic rings. The molecule has 1 aromatic heterocycles. The molecule has 0 saturated carbocycles. The zero-order valence-electron chi connectivity index (χ0n) is 19.4. The summed E-state index contributed by atoms with van der Waals surface area (Å²) in [7, 11) is 0. The van der Waals surface area contributed by atoms with Crippen LogP contribution >= 0.6 is 0 Å². The minimum Gasteiger partial charge on any atom is -0.467 e. The lowest BCUT2D eigenvalue weighted by Gasteiger charge is -2.32. The minimum absolute atomic E-state index is 0.0286. The molecule has 1 fully saturated rings. The Morgan fingerprint density at radius 1 is 1.06 bits per heavy atom. The van der Waals surface area contributed by atoms with Gasteiger partial charge in [0.25, 0.3) is 5.91 Å². The fourth-order valence-electron chi connectivity index (χ4n) is 5.33. The van der Waals surface area contributed by atoms with Gasteiger partial charge in [-0.3, -0.25) is 9.69 Å². The van der Waals surface area contributed by atoms with E-state index in [-0.39, 0.29) is 5.91 Å². The van der Waals surface area contributed by atoms with Crippen LogP contribution in [0.4, 0.5) is 5.69 Å². The van der Waals surface area contributed by atoms with E-state index in [2.05, 4.69) is 76.6 Å². The standard InChI is InChI=1S/C28H33N3O2/c1-21-16-24-11-5-6-12-26(24)31(21)20-27-25(13-15-33-27)28(32)29-17-23-10-7-14-30(19-23)18-22-8-3-2-4-9-22/h2-6,8-9,11-13,15,21,23H,7,10,14,16-20H2,1H3,(H,29,32). The van der Waals surface area contributed by atoms with E-state index < -0.39 is 0 Å². The van der Waals surface area contributed by atoms with Gasteiger partial charge >= 0.3 is 0 Å². The number of nitrogens with one attached hydrogen (secondary N) is 1. The van der Waals surface area contributed by atoms with Crippen molar-refractivity contribution in [1.82, 2.24) is 10.2 Å². The highest BCUT2D eigenvalue weighted by Crippen LogP contribution is 2.33. The molecular weight excluding hydrogens is 410 g/mol. The lowest BCUT2D eigenvalue weighted by atomic mass is 9.97. The van der Waals surface area contributed by atoms with Crippen LogP contribution in [0.1, 0.15) is 47.0 Å². The number of hydrogen-bond acceptors (Lipinski definition) is 4. The maximum Gasteiger partial charge on any atom is 0.254 e. The molecule has 172 valence electrons. The number of amides is 1. The molecule has 0 radical (unpaired) electrons. The Morgan fingerprint density at radius 3 is 2.76 bits per heavy atom. The van der Waals surface area contributed by atoms with Gasteiger partial charge in [-0.1, -0.05) is 48.5 Å². The van der Waals surface area contributed by atoms with Crippen LogP contribution in [0.25, 0.3) is 0 Å². The highest BCUT2D eigenvalue weighted by atomic mass is 16.3. The van der Waals surface area contributed by atoms with Crippen LogP contribution in [0.15, 0.2) is 71.3 Å². The van der Waals surface area contributed by atoms with Gasteiger partial charge in [0.15, 0.2) is 0 Å². The highest BCUT2D eigenvalue weighted by molar-refractivity contribution is 5.95. The molecular formula is C28H33N3O2. The van der Waals surface area contributed by atoms with E-state index >= 15 is 0 Å². The number of rotatable bonds is 7. The van der Waals surface area contributed by atoms with E-state index in [1.54, 1.807) is 12.3 Å². The van der Waals surface area contributed by atoms with Gasteiger partial charge in [-0.05, 0) is 61.9 Å². The normalized spacial score (nSPS) is 20.6. The number of anilines is 1. The summed E-state index contributed by atoms with van der Waals surface area (Å²) in [6.07, 6.45) is 5.00. The second-order valence-electron chi connectivity index (χ2n) is 9.51. The van der Waals surface area contributed by atoms with Crippen molar-refractivity contribution in [2.45, 2.75) is 45.3 Å². The maximum atomic E-state index is 13.0. The Hall–Kier alpha value is -3.05. The second kappa shape index (κ2) is 9.84. The Morgan fingerprint density at radius 2 is 1.88 bits per heavy atom. The van der Waals surface area contributed by atoms with E-state index in [4.69, 9.17) is 4.42 Å². The number of fused-ring (bicyclic) bond motifs is 1. The number of carbonyl (C=O) groups excluding carboxylic acids is 1. The number of nitrogens with zero attached hydrogens (tertiary/aromatic N) is 2. The predicted molar refractivity (Wildman–Crippen MR) is 131 cm³/mol. The number of likely N-dealkylation sites (tertiary alicyclic amines) is 1. The van der Waals surface area contributed by atoms with Crippen LogP contribution in [-0.4, -0.2) is 36.5 Å². The van der Waals surface area contributed by atoms with Crippen molar-refractivity contribution >= 4 is 11.6 Å². The molecule has 1 saturated heterocycles. The number of hydrogen-bond donors (Lipinski definition) is 1. The summed E-state index contributed by atoms with van der Waals surface area (Å²) < 4.78 is 5.78. The first kappa shape index (κ1) is 21.8. The molecule has 1 N–H and O–H groups in total. The Labute approximate surface area is 196 Å². The smallest absolute Gasteiger partial charge is 0.254 e. The van der Waals surface area contributed by atoms with Gasteiger partial charge in [0.1, 0.15) is 5.76 Å². The van der Waals surface area contributed by atoms with Gasteiger partial charge in [0.05, 0.1) is 18.4 Å². The van der Waals surface area contributed by atoms with E-state index in [9.17, 15) is 4.79 Å². The molecule has 2 atom stereocenters. The fourth-order valence-corrected chi connectivity index (χ4v) is 5.33. The molecule has 3 heterocycles. The van der Waals surface area contributed by atoms with Crippen LogP contribution in [0, 0.1) is 5.92 Å². The fraction of sp³-hybridized carbons (Fsp3) is 0.393. The van der Waals surface area contributed by atoms with Crippen LogP contribution in [0.2, 0.25) is 0 Å². The van der Waals surface area contributed by atoms with Gasteiger partial charge in [-0.25, -0.2) is 0 Å². The second-order valence-corrected chi connectivity index (χ2v) is 9.51. The molecule has 5 nitrogen and oxygen atoms in total. The zero-order valence-corrected chi connectivity index (χ0v) is 19.4. The van der Waals surface area contributed by atoms with E-state index in [1.165, 1.54) is 23.2 Å². The summed E-state index contributed by atoms with van der Waals surface area (Å²) in [5.74, 6) is 1.19. The largest absolute Gasteiger partial charge is 0.467 e. The van der Waals surface area contributed by atoms with E-state index in [0.29, 0.717) is 30.6 Å². The number of carbonyl (C=O) groups is 1. The van der Waals surface area contributed by atoms with Gasteiger partial charge in [-0.2, -0.15) is 0 Å². The summed E-state index contributed by atoms with van der Waals surface area (Å²) in [4.78, 5) is 17.9. The molecule has 0 aliphatic carbocycles. The van der Waals surface area contributed by atoms with Gasteiger partial charge in [0, 0.05) is 31.4 Å². The lowest BCUT2D eigenvalue weighted by molar-refractivity contribution is 0.0928. The van der Waals surface area contributed by atoms with Crippen molar-refractivity contribution < 1.29 is 9.21 Å². The number of piperidine rings is 1. The summed E-state index contributed by atoms with van der Waals surface area (Å²) in [6, 6.07) is 21.3. The molecule has 1 amide bonds. The molecule has 0 bridgehead atoms. The SMILES string of the molecule is CC1Cc2ccccc2N1Cc1occc1C(=O)NCC1CCCN(Cc2ccccc2)C1. The average molecular weight is 444 g/mol. The zero-order chi connectivity index (χ0) is 22.6. The number of benzene rings is 2. The van der Waals surface area contributed by atoms with Crippen LogP contribution in [0.3, 0.4) is 0 Å². The minimum atomic E-state index is -0.0286. The van der Waals surface area contributed by atoms with Crippen LogP contribution in [0.5, 0.6) is 0 Å². The Bertz CT molecular complexity index is 1080. The van der Waals surface area contributed by atoms with Crippen molar-refractivity contribution in [2.24, 2.45) is 5.92 Å². The Kier molecular flexibility index (Phi) is 6.49. The molecule has 5 heteroatoms. The monoisotopic (exact) mass is 443 g/mol. The first-order valence-corrected chi connectivity index (χ1v) is 12.1. The summed E-state index contributed by atoms with van der Waals surface area (Å²) in [6.45, 7) is 6.68. The quantitative estimate of drug-likeness (QED) is 0.566. The molecule has 2 aliphatic heterocycles. The number of furan rings is 1. The lowest BCUT2D eigenvalue weighted by Crippen LogP contribution is -2.40. The summed E-state index contributed by atoms with van der Waals surface area (Å²) in [5, 5.41) is 3.19. The van der Waals surface area contributed by atoms with Gasteiger partial charge in [0.2, 0.25) is 0 Å². The summed E-state index contributed by atoms with van der Waals surface area (Å²) in [5.41, 5.74) is 4.61.